The Morgan fingerprint density at radius 2 is 1.83 bits per heavy atom. The van der Waals surface area contributed by atoms with E-state index in [1.807, 2.05) is 68.4 Å². The molecule has 2 aromatic carbocycles. The maximum atomic E-state index is 12.3. The zero-order chi connectivity index (χ0) is 17.2. The predicted molar refractivity (Wildman–Crippen MR) is 101 cm³/mol. The summed E-state index contributed by atoms with van der Waals surface area (Å²) in [4.78, 5) is 12.3. The second-order valence-electron chi connectivity index (χ2n) is 6.14. The van der Waals surface area contributed by atoms with Gasteiger partial charge in [-0.15, -0.1) is 0 Å². The molecular formula is C18H20N4OS. The van der Waals surface area contributed by atoms with Crippen LogP contribution in [-0.2, 0) is 4.79 Å². The minimum atomic E-state index is -0.638. The topological polar surface area (TPSA) is 56.4 Å². The summed E-state index contributed by atoms with van der Waals surface area (Å²) in [7, 11) is 0. The Morgan fingerprint density at radius 1 is 1.17 bits per heavy atom. The molecule has 0 aliphatic carbocycles. The summed E-state index contributed by atoms with van der Waals surface area (Å²) in [5.41, 5.74) is 5.55. The zero-order valence-electron chi connectivity index (χ0n) is 13.7. The number of hydrogen-bond donors (Lipinski definition) is 3. The van der Waals surface area contributed by atoms with Crippen LogP contribution in [0.25, 0.3) is 0 Å². The Kier molecular flexibility index (Phi) is 4.51. The summed E-state index contributed by atoms with van der Waals surface area (Å²) < 4.78 is 0. The molecule has 3 rings (SSSR count). The fourth-order valence-corrected chi connectivity index (χ4v) is 3.00. The van der Waals surface area contributed by atoms with Gasteiger partial charge < -0.3 is 10.6 Å². The number of hydrogen-bond acceptors (Lipinski definition) is 3. The van der Waals surface area contributed by atoms with Gasteiger partial charge in [0.05, 0.1) is 12.1 Å². The molecule has 6 heteroatoms. The average Bonchev–Trinajstić information content (AvgIpc) is 2.83. The minimum absolute atomic E-state index is 0.0859. The second-order valence-corrected chi connectivity index (χ2v) is 6.52. The molecule has 1 saturated heterocycles. The van der Waals surface area contributed by atoms with E-state index in [1.54, 1.807) is 5.01 Å². The molecule has 0 bridgehead atoms. The first kappa shape index (κ1) is 16.4. The van der Waals surface area contributed by atoms with E-state index < -0.39 is 5.66 Å². The van der Waals surface area contributed by atoms with Crippen molar-refractivity contribution in [3.8, 4) is 0 Å². The molecule has 1 heterocycles. The molecule has 0 aromatic heterocycles. The van der Waals surface area contributed by atoms with Gasteiger partial charge in [-0.25, -0.2) is 5.43 Å². The molecule has 124 valence electrons. The number of hydrazine groups is 1. The standard InChI is InChI=1S/C18H20N4OS/c1-13-8-10-15(11-9-13)22-17(24)20-18(2,21-22)12-16(23)19-14-6-4-3-5-7-14/h3-11,21H,12H2,1-2H3,(H,19,23)(H,20,24)/t18-/m1/s1. The third-order valence-corrected chi connectivity index (χ3v) is 4.09. The summed E-state index contributed by atoms with van der Waals surface area (Å²) in [5, 5.41) is 8.43. The van der Waals surface area contributed by atoms with Gasteiger partial charge in [-0.05, 0) is 50.3 Å². The molecule has 0 saturated carbocycles. The molecule has 1 amide bonds. The monoisotopic (exact) mass is 340 g/mol. The Hall–Kier alpha value is -2.44. The van der Waals surface area contributed by atoms with Crippen LogP contribution in [0.3, 0.4) is 0 Å². The molecule has 2 aromatic rings. The van der Waals surface area contributed by atoms with E-state index in [0.717, 1.165) is 11.4 Å². The maximum Gasteiger partial charge on any atom is 0.228 e. The number of para-hydroxylation sites is 1. The number of carbonyl (C=O) groups is 1. The van der Waals surface area contributed by atoms with Gasteiger partial charge in [0.2, 0.25) is 5.91 Å². The Bertz CT molecular complexity index is 747. The summed E-state index contributed by atoms with van der Waals surface area (Å²) >= 11 is 5.41. The van der Waals surface area contributed by atoms with Crippen molar-refractivity contribution in [2.24, 2.45) is 0 Å². The maximum absolute atomic E-state index is 12.3. The van der Waals surface area contributed by atoms with Gasteiger partial charge in [0, 0.05) is 5.69 Å². The fourth-order valence-electron chi connectivity index (χ4n) is 2.62. The lowest BCUT2D eigenvalue weighted by Crippen LogP contribution is -2.50. The number of thiocarbonyl (C=S) groups is 1. The van der Waals surface area contributed by atoms with E-state index in [9.17, 15) is 4.79 Å². The molecule has 5 nitrogen and oxygen atoms in total. The van der Waals surface area contributed by atoms with Crippen molar-refractivity contribution in [2.45, 2.75) is 25.9 Å². The number of aryl methyl sites for hydroxylation is 1. The Balaban J connectivity index is 1.67. The highest BCUT2D eigenvalue weighted by Gasteiger charge is 2.38. The number of benzene rings is 2. The smallest absolute Gasteiger partial charge is 0.228 e. The van der Waals surface area contributed by atoms with Crippen LogP contribution in [0.1, 0.15) is 18.9 Å². The largest absolute Gasteiger partial charge is 0.341 e. The molecule has 0 spiro atoms. The molecule has 1 aliphatic rings. The third kappa shape index (κ3) is 3.72. The first-order valence-electron chi connectivity index (χ1n) is 7.77. The lowest BCUT2D eigenvalue weighted by atomic mass is 10.1. The van der Waals surface area contributed by atoms with Crippen LogP contribution >= 0.6 is 12.2 Å². The first-order valence-corrected chi connectivity index (χ1v) is 8.18. The molecule has 0 radical (unpaired) electrons. The number of rotatable bonds is 4. The minimum Gasteiger partial charge on any atom is -0.341 e. The molecule has 0 unspecified atom stereocenters. The van der Waals surface area contributed by atoms with Crippen molar-refractivity contribution >= 4 is 34.6 Å². The van der Waals surface area contributed by atoms with Gasteiger partial charge in [-0.2, -0.15) is 0 Å². The summed E-state index contributed by atoms with van der Waals surface area (Å²) in [5.74, 6) is -0.0859. The van der Waals surface area contributed by atoms with Crippen LogP contribution in [0.5, 0.6) is 0 Å². The quantitative estimate of drug-likeness (QED) is 0.747. The lowest BCUT2D eigenvalue weighted by molar-refractivity contribution is -0.117. The average molecular weight is 340 g/mol. The molecule has 1 atom stereocenters. The number of anilines is 2. The van der Waals surface area contributed by atoms with E-state index in [2.05, 4.69) is 16.1 Å². The number of carbonyl (C=O) groups excluding carboxylic acids is 1. The zero-order valence-corrected chi connectivity index (χ0v) is 14.5. The Labute approximate surface area is 147 Å². The summed E-state index contributed by atoms with van der Waals surface area (Å²) in [6, 6.07) is 17.4. The molecule has 3 N–H and O–H groups in total. The first-order chi connectivity index (χ1) is 11.5. The van der Waals surface area contributed by atoms with Crippen LogP contribution in [0.2, 0.25) is 0 Å². The van der Waals surface area contributed by atoms with E-state index in [4.69, 9.17) is 12.2 Å². The van der Waals surface area contributed by atoms with Gasteiger partial charge in [0.15, 0.2) is 5.11 Å². The normalized spacial score (nSPS) is 19.9. The van der Waals surface area contributed by atoms with Crippen molar-refractivity contribution in [2.75, 3.05) is 10.3 Å². The van der Waals surface area contributed by atoms with Gasteiger partial charge >= 0.3 is 0 Å². The van der Waals surface area contributed by atoms with Crippen LogP contribution in [0.4, 0.5) is 11.4 Å². The van der Waals surface area contributed by atoms with Crippen molar-refractivity contribution in [3.63, 3.8) is 0 Å². The Morgan fingerprint density at radius 3 is 2.50 bits per heavy atom. The van der Waals surface area contributed by atoms with E-state index in [1.165, 1.54) is 5.56 Å². The summed E-state index contributed by atoms with van der Waals surface area (Å²) in [6.07, 6.45) is 0.240. The fraction of sp³-hybridized carbons (Fsp3) is 0.222. The third-order valence-electron chi connectivity index (χ3n) is 3.81. The van der Waals surface area contributed by atoms with E-state index >= 15 is 0 Å². The van der Waals surface area contributed by atoms with Crippen molar-refractivity contribution < 1.29 is 4.79 Å². The predicted octanol–water partition coefficient (Wildman–Crippen LogP) is 2.94. The van der Waals surface area contributed by atoms with Crippen LogP contribution in [0, 0.1) is 6.92 Å². The van der Waals surface area contributed by atoms with E-state index in [-0.39, 0.29) is 12.3 Å². The van der Waals surface area contributed by atoms with Crippen LogP contribution < -0.4 is 21.1 Å². The number of amides is 1. The summed E-state index contributed by atoms with van der Waals surface area (Å²) in [6.45, 7) is 3.95. The lowest BCUT2D eigenvalue weighted by Gasteiger charge is -2.25. The van der Waals surface area contributed by atoms with E-state index in [0.29, 0.717) is 5.11 Å². The van der Waals surface area contributed by atoms with Gasteiger partial charge in [-0.3, -0.25) is 9.80 Å². The molecule has 24 heavy (non-hydrogen) atoms. The van der Waals surface area contributed by atoms with Crippen molar-refractivity contribution in [1.82, 2.24) is 10.7 Å². The van der Waals surface area contributed by atoms with Gasteiger partial charge in [0.1, 0.15) is 5.66 Å². The molecule has 1 aliphatic heterocycles. The van der Waals surface area contributed by atoms with Crippen molar-refractivity contribution in [1.29, 1.82) is 0 Å². The SMILES string of the molecule is Cc1ccc(N2N[C@](C)(CC(=O)Nc3ccccc3)NC2=S)cc1. The highest BCUT2D eigenvalue weighted by Crippen LogP contribution is 2.22. The molecular weight excluding hydrogens is 320 g/mol. The number of nitrogens with one attached hydrogen (secondary N) is 3. The molecule has 1 fully saturated rings. The second kappa shape index (κ2) is 6.59. The van der Waals surface area contributed by atoms with Crippen molar-refractivity contribution in [3.05, 3.63) is 60.2 Å². The highest BCUT2D eigenvalue weighted by molar-refractivity contribution is 7.80. The number of nitrogens with zero attached hydrogens (tertiary/aromatic N) is 1. The van der Waals surface area contributed by atoms with Gasteiger partial charge in [-0.1, -0.05) is 35.9 Å². The van der Waals surface area contributed by atoms with Crippen LogP contribution in [-0.4, -0.2) is 16.7 Å². The highest BCUT2D eigenvalue weighted by atomic mass is 32.1. The van der Waals surface area contributed by atoms with Gasteiger partial charge in [0.25, 0.3) is 0 Å². The van der Waals surface area contributed by atoms with Crippen LogP contribution in [0.15, 0.2) is 54.6 Å².